The summed E-state index contributed by atoms with van der Waals surface area (Å²) in [6.07, 6.45) is 0.193. The van der Waals surface area contributed by atoms with Crippen molar-refractivity contribution in [3.8, 4) is 5.75 Å². The van der Waals surface area contributed by atoms with Gasteiger partial charge in [-0.25, -0.2) is 0 Å². The number of rotatable bonds is 8. The first-order valence-corrected chi connectivity index (χ1v) is 7.88. The molecule has 0 heterocycles. The van der Waals surface area contributed by atoms with Crippen molar-refractivity contribution >= 4 is 11.9 Å². The number of carbonyl (C=O) groups is 2. The quantitative estimate of drug-likeness (QED) is 0.691. The second kappa shape index (κ2) is 9.18. The first-order chi connectivity index (χ1) is 10.8. The lowest BCUT2D eigenvalue weighted by Crippen LogP contribution is -2.39. The van der Waals surface area contributed by atoms with Crippen LogP contribution in [0, 0.1) is 19.8 Å². The summed E-state index contributed by atoms with van der Waals surface area (Å²) in [5.41, 5.74) is 2.01. The van der Waals surface area contributed by atoms with Crippen molar-refractivity contribution in [2.45, 2.75) is 34.1 Å². The van der Waals surface area contributed by atoms with Gasteiger partial charge >= 0.3 is 5.97 Å². The molecule has 0 saturated carbocycles. The average molecular weight is 321 g/mol. The third-order valence-corrected chi connectivity index (χ3v) is 3.50. The number of hydrogen-bond donors (Lipinski definition) is 0. The first-order valence-electron chi connectivity index (χ1n) is 7.88. The third-order valence-electron chi connectivity index (χ3n) is 3.50. The Morgan fingerprint density at radius 1 is 1.17 bits per heavy atom. The molecule has 23 heavy (non-hydrogen) atoms. The van der Waals surface area contributed by atoms with Gasteiger partial charge in [0.15, 0.2) is 6.61 Å². The molecule has 1 aromatic rings. The van der Waals surface area contributed by atoms with Crippen LogP contribution in [0.3, 0.4) is 0 Å². The van der Waals surface area contributed by atoms with Crippen LogP contribution < -0.4 is 4.74 Å². The smallest absolute Gasteiger partial charge is 0.307 e. The Labute approximate surface area is 138 Å². The van der Waals surface area contributed by atoms with Gasteiger partial charge in [-0.1, -0.05) is 32.0 Å². The summed E-state index contributed by atoms with van der Waals surface area (Å²) >= 11 is 0. The molecule has 5 heteroatoms. The summed E-state index contributed by atoms with van der Waals surface area (Å²) in [6, 6.07) is 5.87. The number of nitrogens with zero attached hydrogens (tertiary/aromatic N) is 1. The van der Waals surface area contributed by atoms with Crippen LogP contribution in [-0.4, -0.2) is 43.6 Å². The Morgan fingerprint density at radius 3 is 2.30 bits per heavy atom. The maximum Gasteiger partial charge on any atom is 0.307 e. The molecule has 0 unspecified atom stereocenters. The van der Waals surface area contributed by atoms with E-state index in [-0.39, 0.29) is 24.9 Å². The van der Waals surface area contributed by atoms with E-state index in [0.717, 1.165) is 16.9 Å². The highest BCUT2D eigenvalue weighted by atomic mass is 16.5. The standard InChI is InChI=1S/C18H27NO4/c1-13(2)11-19(10-9-17(21)22-5)16(20)12-23-18-14(3)7-6-8-15(18)4/h6-8,13H,9-12H2,1-5H3. The van der Waals surface area contributed by atoms with Crippen LogP contribution >= 0.6 is 0 Å². The van der Waals surface area contributed by atoms with Crippen LogP contribution in [0.25, 0.3) is 0 Å². The lowest BCUT2D eigenvalue weighted by atomic mass is 10.1. The average Bonchev–Trinajstić information content (AvgIpc) is 2.49. The lowest BCUT2D eigenvalue weighted by molar-refractivity contribution is -0.142. The topological polar surface area (TPSA) is 55.8 Å². The minimum Gasteiger partial charge on any atom is -0.483 e. The Balaban J connectivity index is 2.67. The number of ether oxygens (including phenoxy) is 2. The number of benzene rings is 1. The molecule has 1 amide bonds. The molecule has 0 aromatic heterocycles. The summed E-state index contributed by atoms with van der Waals surface area (Å²) in [6.45, 7) is 8.88. The van der Waals surface area contributed by atoms with Crippen molar-refractivity contribution in [2.24, 2.45) is 5.92 Å². The molecule has 0 radical (unpaired) electrons. The molecule has 0 spiro atoms. The Kier molecular flexibility index (Phi) is 7.59. The fourth-order valence-electron chi connectivity index (χ4n) is 2.34. The normalized spacial score (nSPS) is 10.5. The minimum atomic E-state index is -0.317. The molecular weight excluding hydrogens is 294 g/mol. The second-order valence-corrected chi connectivity index (χ2v) is 6.07. The fourth-order valence-corrected chi connectivity index (χ4v) is 2.34. The number of carbonyl (C=O) groups excluding carboxylic acids is 2. The minimum absolute atomic E-state index is 0.0282. The summed E-state index contributed by atoms with van der Waals surface area (Å²) in [7, 11) is 1.35. The lowest BCUT2D eigenvalue weighted by Gasteiger charge is -2.24. The highest BCUT2D eigenvalue weighted by molar-refractivity contribution is 5.78. The van der Waals surface area contributed by atoms with Crippen LogP contribution in [-0.2, 0) is 14.3 Å². The van der Waals surface area contributed by atoms with Gasteiger partial charge in [0.25, 0.3) is 5.91 Å². The maximum absolute atomic E-state index is 12.4. The molecule has 5 nitrogen and oxygen atoms in total. The summed E-state index contributed by atoms with van der Waals surface area (Å²) < 4.78 is 10.4. The van der Waals surface area contributed by atoms with E-state index in [9.17, 15) is 9.59 Å². The van der Waals surface area contributed by atoms with Crippen LogP contribution in [0.2, 0.25) is 0 Å². The van der Waals surface area contributed by atoms with Gasteiger partial charge in [0.2, 0.25) is 0 Å². The Hall–Kier alpha value is -2.04. The Bertz CT molecular complexity index is 520. The van der Waals surface area contributed by atoms with Gasteiger partial charge in [-0.3, -0.25) is 9.59 Å². The van der Waals surface area contributed by atoms with Crippen molar-refractivity contribution in [3.05, 3.63) is 29.3 Å². The largest absolute Gasteiger partial charge is 0.483 e. The van der Waals surface area contributed by atoms with Crippen molar-refractivity contribution in [2.75, 3.05) is 26.8 Å². The highest BCUT2D eigenvalue weighted by Gasteiger charge is 2.18. The van der Waals surface area contributed by atoms with Crippen LogP contribution in [0.4, 0.5) is 0 Å². The summed E-state index contributed by atoms with van der Waals surface area (Å²) in [5, 5.41) is 0. The van der Waals surface area contributed by atoms with E-state index in [4.69, 9.17) is 4.74 Å². The number of amides is 1. The summed E-state index contributed by atoms with van der Waals surface area (Å²) in [4.78, 5) is 25.4. The molecule has 0 saturated heterocycles. The van der Waals surface area contributed by atoms with Gasteiger partial charge in [-0.05, 0) is 30.9 Å². The third kappa shape index (κ3) is 6.30. The number of esters is 1. The SMILES string of the molecule is COC(=O)CCN(CC(C)C)C(=O)COc1c(C)cccc1C. The van der Waals surface area contributed by atoms with Crippen molar-refractivity contribution in [3.63, 3.8) is 0 Å². The Morgan fingerprint density at radius 2 is 1.78 bits per heavy atom. The van der Waals surface area contributed by atoms with E-state index in [2.05, 4.69) is 4.74 Å². The van der Waals surface area contributed by atoms with Gasteiger partial charge in [0, 0.05) is 13.1 Å². The maximum atomic E-state index is 12.4. The molecule has 128 valence electrons. The van der Waals surface area contributed by atoms with E-state index < -0.39 is 0 Å². The number of methoxy groups -OCH3 is 1. The van der Waals surface area contributed by atoms with Crippen LogP contribution in [0.5, 0.6) is 5.75 Å². The zero-order valence-electron chi connectivity index (χ0n) is 14.7. The van der Waals surface area contributed by atoms with E-state index in [1.807, 2.05) is 45.9 Å². The number of aryl methyl sites for hydroxylation is 2. The van der Waals surface area contributed by atoms with E-state index in [1.54, 1.807) is 4.90 Å². The monoisotopic (exact) mass is 321 g/mol. The van der Waals surface area contributed by atoms with Crippen molar-refractivity contribution < 1.29 is 19.1 Å². The van der Waals surface area contributed by atoms with Gasteiger partial charge in [-0.15, -0.1) is 0 Å². The molecule has 0 N–H and O–H groups in total. The van der Waals surface area contributed by atoms with Crippen molar-refractivity contribution in [1.82, 2.24) is 4.90 Å². The van der Waals surface area contributed by atoms with E-state index in [1.165, 1.54) is 7.11 Å². The zero-order chi connectivity index (χ0) is 17.4. The van der Waals surface area contributed by atoms with E-state index in [0.29, 0.717) is 19.0 Å². The molecule has 0 atom stereocenters. The molecule has 0 bridgehead atoms. The number of para-hydroxylation sites is 1. The van der Waals surface area contributed by atoms with E-state index >= 15 is 0 Å². The first kappa shape index (κ1) is 19.0. The second-order valence-electron chi connectivity index (χ2n) is 6.07. The molecule has 1 rings (SSSR count). The van der Waals surface area contributed by atoms with Crippen molar-refractivity contribution in [1.29, 1.82) is 0 Å². The van der Waals surface area contributed by atoms with Crippen LogP contribution in [0.1, 0.15) is 31.4 Å². The van der Waals surface area contributed by atoms with Gasteiger partial charge in [0.1, 0.15) is 5.75 Å². The predicted octanol–water partition coefficient (Wildman–Crippen LogP) is 2.73. The van der Waals surface area contributed by atoms with Gasteiger partial charge < -0.3 is 14.4 Å². The highest BCUT2D eigenvalue weighted by Crippen LogP contribution is 2.22. The molecule has 0 fully saturated rings. The van der Waals surface area contributed by atoms with Gasteiger partial charge in [-0.2, -0.15) is 0 Å². The predicted molar refractivity (Wildman–Crippen MR) is 89.5 cm³/mol. The molecule has 0 aliphatic heterocycles. The molecular formula is C18H27NO4. The number of hydrogen-bond acceptors (Lipinski definition) is 4. The molecule has 0 aliphatic carbocycles. The summed E-state index contributed by atoms with van der Waals surface area (Å²) in [5.74, 6) is 0.627. The van der Waals surface area contributed by atoms with Crippen LogP contribution in [0.15, 0.2) is 18.2 Å². The zero-order valence-corrected chi connectivity index (χ0v) is 14.7. The van der Waals surface area contributed by atoms with Gasteiger partial charge in [0.05, 0.1) is 13.5 Å². The molecule has 0 aliphatic rings. The molecule has 1 aromatic carbocycles. The fraction of sp³-hybridized carbons (Fsp3) is 0.556.